The molecule has 0 aliphatic carbocycles. The van der Waals surface area contributed by atoms with Crippen molar-refractivity contribution in [2.75, 3.05) is 16.3 Å². The first-order valence-electron chi connectivity index (χ1n) is 11.6. The Labute approximate surface area is 206 Å². The van der Waals surface area contributed by atoms with Gasteiger partial charge in [0, 0.05) is 18.4 Å². The lowest BCUT2D eigenvalue weighted by molar-refractivity contribution is -0.139. The molecule has 2 aliphatic heterocycles. The zero-order chi connectivity index (χ0) is 24.8. The first-order chi connectivity index (χ1) is 17.5. The standard InChI is InChI=1S/C29H20N2O5/c32-26-16-19(17-30(26)25-11-5-7-18-6-1-2-8-22(18)25)29(35)36-21-14-12-20(13-15-21)31-27(33)23-9-3-4-10-24(23)28(31)34/h1-15,19H,16-17H2/t19-/m1/s1. The van der Waals surface area contributed by atoms with Crippen LogP contribution in [0.5, 0.6) is 5.75 Å². The van der Waals surface area contributed by atoms with Crippen LogP contribution in [0.1, 0.15) is 27.1 Å². The topological polar surface area (TPSA) is 84.0 Å². The SMILES string of the molecule is O=C(Oc1ccc(N2C(=O)c3ccccc3C2=O)cc1)[C@@H]1CC(=O)N(c2cccc3ccccc23)C1. The monoisotopic (exact) mass is 476 g/mol. The first-order valence-corrected chi connectivity index (χ1v) is 11.6. The third-order valence-electron chi connectivity index (χ3n) is 6.62. The Bertz CT molecular complexity index is 1520. The predicted octanol–water partition coefficient (Wildman–Crippen LogP) is 4.60. The van der Waals surface area contributed by atoms with Gasteiger partial charge in [0.1, 0.15) is 5.75 Å². The lowest BCUT2D eigenvalue weighted by Crippen LogP contribution is -2.29. The Morgan fingerprint density at radius 1 is 0.750 bits per heavy atom. The number of benzene rings is 4. The number of hydrogen-bond donors (Lipinski definition) is 0. The highest BCUT2D eigenvalue weighted by molar-refractivity contribution is 6.34. The summed E-state index contributed by atoms with van der Waals surface area (Å²) in [5.41, 5.74) is 1.89. The van der Waals surface area contributed by atoms with Gasteiger partial charge in [0.05, 0.1) is 28.4 Å². The molecule has 1 fully saturated rings. The van der Waals surface area contributed by atoms with Crippen LogP contribution in [0.3, 0.4) is 0 Å². The smallest absolute Gasteiger partial charge is 0.316 e. The molecule has 0 bridgehead atoms. The summed E-state index contributed by atoms with van der Waals surface area (Å²) in [7, 11) is 0. The summed E-state index contributed by atoms with van der Waals surface area (Å²) in [6.07, 6.45) is 0.0647. The summed E-state index contributed by atoms with van der Waals surface area (Å²) in [6.45, 7) is 0.235. The number of anilines is 2. The molecule has 4 aromatic carbocycles. The first kappa shape index (κ1) is 21.7. The van der Waals surface area contributed by atoms with E-state index in [2.05, 4.69) is 0 Å². The van der Waals surface area contributed by atoms with E-state index >= 15 is 0 Å². The Hall–Kier alpha value is -4.78. The summed E-state index contributed by atoms with van der Waals surface area (Å²) in [5.74, 6) is -1.74. The summed E-state index contributed by atoms with van der Waals surface area (Å²) in [6, 6.07) is 26.4. The molecule has 7 nitrogen and oxygen atoms in total. The van der Waals surface area contributed by atoms with Gasteiger partial charge in [-0.1, -0.05) is 48.5 Å². The van der Waals surface area contributed by atoms with Crippen molar-refractivity contribution in [2.45, 2.75) is 6.42 Å². The Morgan fingerprint density at radius 2 is 1.39 bits per heavy atom. The van der Waals surface area contributed by atoms with Gasteiger partial charge in [0.2, 0.25) is 5.91 Å². The van der Waals surface area contributed by atoms with Crippen molar-refractivity contribution in [3.8, 4) is 5.75 Å². The van der Waals surface area contributed by atoms with Gasteiger partial charge >= 0.3 is 5.97 Å². The molecule has 0 radical (unpaired) electrons. The van der Waals surface area contributed by atoms with Gasteiger partial charge < -0.3 is 9.64 Å². The van der Waals surface area contributed by atoms with Crippen LogP contribution in [0.4, 0.5) is 11.4 Å². The van der Waals surface area contributed by atoms with E-state index in [-0.39, 0.29) is 24.6 Å². The lowest BCUT2D eigenvalue weighted by atomic mass is 10.1. The number of nitrogens with zero attached hydrogens (tertiary/aromatic N) is 2. The third kappa shape index (κ3) is 3.53. The Balaban J connectivity index is 1.16. The molecule has 7 heteroatoms. The number of fused-ring (bicyclic) bond motifs is 2. The number of ether oxygens (including phenoxy) is 1. The molecule has 0 N–H and O–H groups in total. The van der Waals surface area contributed by atoms with Crippen LogP contribution in [-0.2, 0) is 9.59 Å². The molecule has 0 aromatic heterocycles. The number of amides is 3. The van der Waals surface area contributed by atoms with E-state index in [9.17, 15) is 19.2 Å². The van der Waals surface area contributed by atoms with Gasteiger partial charge in [-0.15, -0.1) is 0 Å². The van der Waals surface area contributed by atoms with Crippen molar-refractivity contribution in [2.24, 2.45) is 5.92 Å². The molecule has 2 heterocycles. The summed E-state index contributed by atoms with van der Waals surface area (Å²) in [5, 5.41) is 1.97. The number of rotatable bonds is 4. The van der Waals surface area contributed by atoms with Crippen LogP contribution < -0.4 is 14.5 Å². The number of carbonyl (C=O) groups excluding carboxylic acids is 4. The Morgan fingerprint density at radius 3 is 2.11 bits per heavy atom. The van der Waals surface area contributed by atoms with Crippen LogP contribution in [0, 0.1) is 5.92 Å². The molecule has 3 amide bonds. The van der Waals surface area contributed by atoms with E-state index in [0.717, 1.165) is 21.4 Å². The second kappa shape index (κ2) is 8.46. The van der Waals surface area contributed by atoms with Crippen molar-refractivity contribution >= 4 is 45.8 Å². The number of esters is 1. The van der Waals surface area contributed by atoms with E-state index in [1.54, 1.807) is 41.3 Å². The van der Waals surface area contributed by atoms with Gasteiger partial charge in [-0.3, -0.25) is 19.2 Å². The van der Waals surface area contributed by atoms with Crippen molar-refractivity contribution in [3.63, 3.8) is 0 Å². The minimum Gasteiger partial charge on any atom is -0.426 e. The average molecular weight is 476 g/mol. The summed E-state index contributed by atoms with van der Waals surface area (Å²) < 4.78 is 5.55. The highest BCUT2D eigenvalue weighted by Gasteiger charge is 2.38. The normalized spacial score (nSPS) is 17.1. The third-order valence-corrected chi connectivity index (χ3v) is 6.62. The van der Waals surface area contributed by atoms with Gasteiger partial charge in [-0.25, -0.2) is 4.90 Å². The minimum atomic E-state index is -0.604. The number of hydrogen-bond acceptors (Lipinski definition) is 5. The molecule has 2 aliphatic rings. The average Bonchev–Trinajstić information content (AvgIpc) is 3.41. The fourth-order valence-electron chi connectivity index (χ4n) is 4.83. The maximum Gasteiger partial charge on any atom is 0.316 e. The van der Waals surface area contributed by atoms with Crippen LogP contribution in [0.15, 0.2) is 91.0 Å². The van der Waals surface area contributed by atoms with Crippen molar-refractivity contribution in [3.05, 3.63) is 102 Å². The quantitative estimate of drug-likeness (QED) is 0.244. The highest BCUT2D eigenvalue weighted by atomic mass is 16.5. The predicted molar refractivity (Wildman–Crippen MR) is 134 cm³/mol. The maximum atomic E-state index is 12.9. The van der Waals surface area contributed by atoms with Gasteiger partial charge in [0.15, 0.2) is 0 Å². The summed E-state index contributed by atoms with van der Waals surface area (Å²) >= 11 is 0. The molecule has 6 rings (SSSR count). The van der Waals surface area contributed by atoms with Crippen LogP contribution in [-0.4, -0.2) is 30.2 Å². The highest BCUT2D eigenvalue weighted by Crippen LogP contribution is 2.33. The van der Waals surface area contributed by atoms with Crippen molar-refractivity contribution in [1.82, 2.24) is 0 Å². The zero-order valence-electron chi connectivity index (χ0n) is 19.1. The molecular weight excluding hydrogens is 456 g/mol. The van der Waals surface area contributed by atoms with Crippen molar-refractivity contribution < 1.29 is 23.9 Å². The molecule has 0 spiro atoms. The molecule has 176 valence electrons. The largest absolute Gasteiger partial charge is 0.426 e. The molecule has 1 saturated heterocycles. The van der Waals surface area contributed by atoms with Crippen LogP contribution in [0.2, 0.25) is 0 Å². The fraction of sp³-hybridized carbons (Fsp3) is 0.103. The van der Waals surface area contributed by atoms with E-state index in [0.29, 0.717) is 16.8 Å². The minimum absolute atomic E-state index is 0.0647. The molecule has 0 saturated carbocycles. The fourth-order valence-corrected chi connectivity index (χ4v) is 4.83. The summed E-state index contributed by atoms with van der Waals surface area (Å²) in [4.78, 5) is 53.8. The van der Waals surface area contributed by atoms with E-state index < -0.39 is 23.7 Å². The van der Waals surface area contributed by atoms with E-state index in [1.165, 1.54) is 12.1 Å². The zero-order valence-corrected chi connectivity index (χ0v) is 19.1. The van der Waals surface area contributed by atoms with E-state index in [1.807, 2.05) is 42.5 Å². The number of carbonyl (C=O) groups is 4. The second-order valence-electron chi connectivity index (χ2n) is 8.81. The maximum absolute atomic E-state index is 12.9. The number of imide groups is 1. The molecule has 4 aromatic rings. The molecule has 0 unspecified atom stereocenters. The molecule has 1 atom stereocenters. The molecular formula is C29H20N2O5. The van der Waals surface area contributed by atoms with E-state index in [4.69, 9.17) is 4.74 Å². The molecule has 36 heavy (non-hydrogen) atoms. The van der Waals surface area contributed by atoms with Gasteiger partial charge in [-0.2, -0.15) is 0 Å². The van der Waals surface area contributed by atoms with Gasteiger partial charge in [-0.05, 0) is 47.9 Å². The van der Waals surface area contributed by atoms with Crippen LogP contribution in [0.25, 0.3) is 10.8 Å². The van der Waals surface area contributed by atoms with Gasteiger partial charge in [0.25, 0.3) is 11.8 Å². The van der Waals surface area contributed by atoms with Crippen molar-refractivity contribution in [1.29, 1.82) is 0 Å². The van der Waals surface area contributed by atoms with Crippen LogP contribution >= 0.6 is 0 Å². The lowest BCUT2D eigenvalue weighted by Gasteiger charge is -2.19. The Kier molecular flexibility index (Phi) is 5.11. The second-order valence-corrected chi connectivity index (χ2v) is 8.81.